The third kappa shape index (κ3) is 1.79. The van der Waals surface area contributed by atoms with Gasteiger partial charge < -0.3 is 4.74 Å². The second kappa shape index (κ2) is 4.17. The molecule has 0 spiro atoms. The molecule has 0 amide bonds. The number of ether oxygens (including phenoxy) is 1. The summed E-state index contributed by atoms with van der Waals surface area (Å²) >= 11 is 0. The number of carbonyl (C=O) groups excluding carboxylic acids is 1. The molecule has 7 saturated carbocycles. The van der Waals surface area contributed by atoms with Gasteiger partial charge in [-0.05, 0) is 99.7 Å². The summed E-state index contributed by atoms with van der Waals surface area (Å²) in [5, 5.41) is 0. The first-order chi connectivity index (χ1) is 10.8. The maximum atomic E-state index is 12.7. The molecule has 8 bridgehead atoms. The van der Waals surface area contributed by atoms with Crippen LogP contribution >= 0.6 is 0 Å². The van der Waals surface area contributed by atoms with Gasteiger partial charge in [-0.25, -0.2) is 0 Å². The lowest BCUT2D eigenvalue weighted by Crippen LogP contribution is -2.69. The highest BCUT2D eigenvalue weighted by molar-refractivity contribution is 5.76. The Balaban J connectivity index is 1.44. The summed E-state index contributed by atoms with van der Waals surface area (Å²) in [7, 11) is 0. The number of carbonyl (C=O) groups is 1. The molecule has 0 aromatic rings. The van der Waals surface area contributed by atoms with Crippen molar-refractivity contribution in [1.29, 1.82) is 0 Å². The molecule has 0 atom stereocenters. The minimum atomic E-state index is -0.325. The summed E-state index contributed by atoms with van der Waals surface area (Å²) in [5.74, 6) is 5.55. The molecule has 128 valence electrons. The van der Waals surface area contributed by atoms with E-state index in [4.69, 9.17) is 4.74 Å². The van der Waals surface area contributed by atoms with Crippen molar-refractivity contribution in [2.24, 2.45) is 46.3 Å². The zero-order valence-electron chi connectivity index (χ0n) is 15.2. The largest absolute Gasteiger partial charge is 0.459 e. The van der Waals surface area contributed by atoms with Crippen LogP contribution in [-0.2, 0) is 9.53 Å². The van der Waals surface area contributed by atoms with Gasteiger partial charge in [-0.2, -0.15) is 0 Å². The molecule has 0 radical (unpaired) electrons. The SMILES string of the molecule is CCC(C)(C)C(=O)OC12CC3C4CC5(C)CC3C(C1)C(C5)C4C2. The zero-order chi connectivity index (χ0) is 16.2. The fourth-order valence-electron chi connectivity index (χ4n) is 7.82. The molecule has 0 saturated heterocycles. The minimum absolute atomic E-state index is 0.0607. The van der Waals surface area contributed by atoms with E-state index in [2.05, 4.69) is 13.8 Å². The second-order valence-electron chi connectivity index (χ2n) is 10.8. The van der Waals surface area contributed by atoms with Gasteiger partial charge in [0, 0.05) is 0 Å². The van der Waals surface area contributed by atoms with Gasteiger partial charge >= 0.3 is 5.97 Å². The Morgan fingerprint density at radius 3 is 1.70 bits per heavy atom. The molecule has 7 rings (SSSR count). The Morgan fingerprint density at radius 1 is 0.913 bits per heavy atom. The van der Waals surface area contributed by atoms with E-state index in [-0.39, 0.29) is 17.0 Å². The van der Waals surface area contributed by atoms with E-state index >= 15 is 0 Å². The highest BCUT2D eigenvalue weighted by Gasteiger charge is 2.70. The van der Waals surface area contributed by atoms with Gasteiger partial charge in [-0.15, -0.1) is 0 Å². The Bertz CT molecular complexity index is 497. The van der Waals surface area contributed by atoms with Crippen molar-refractivity contribution in [2.75, 3.05) is 0 Å². The lowest BCUT2D eigenvalue weighted by molar-refractivity contribution is -0.280. The average molecular weight is 316 g/mol. The van der Waals surface area contributed by atoms with Gasteiger partial charge in [0.15, 0.2) is 0 Å². The van der Waals surface area contributed by atoms with Crippen LogP contribution in [0, 0.1) is 46.3 Å². The lowest BCUT2D eigenvalue weighted by atomic mass is 9.32. The summed E-state index contributed by atoms with van der Waals surface area (Å²) in [5.41, 5.74) is 0.244. The molecule has 0 aromatic carbocycles. The Kier molecular flexibility index (Phi) is 2.68. The Labute approximate surface area is 140 Å². The first-order valence-corrected chi connectivity index (χ1v) is 9.99. The summed E-state index contributed by atoms with van der Waals surface area (Å²) in [6.07, 6.45) is 8.81. The monoisotopic (exact) mass is 316 g/mol. The van der Waals surface area contributed by atoms with Crippen LogP contribution in [0.25, 0.3) is 0 Å². The molecular formula is C21H32O2. The van der Waals surface area contributed by atoms with Crippen LogP contribution in [0.1, 0.15) is 72.6 Å². The highest BCUT2D eigenvalue weighted by atomic mass is 16.6. The van der Waals surface area contributed by atoms with Crippen molar-refractivity contribution in [3.05, 3.63) is 0 Å². The van der Waals surface area contributed by atoms with E-state index < -0.39 is 0 Å². The summed E-state index contributed by atoms with van der Waals surface area (Å²) < 4.78 is 6.32. The van der Waals surface area contributed by atoms with E-state index in [0.717, 1.165) is 41.9 Å². The fourth-order valence-corrected chi connectivity index (χ4v) is 7.82. The summed E-state index contributed by atoms with van der Waals surface area (Å²) in [6.45, 7) is 8.74. The normalized spacial score (nSPS) is 55.5. The highest BCUT2D eigenvalue weighted by Crippen LogP contribution is 2.75. The minimum Gasteiger partial charge on any atom is -0.459 e. The predicted molar refractivity (Wildman–Crippen MR) is 89.6 cm³/mol. The van der Waals surface area contributed by atoms with Gasteiger partial charge in [0.25, 0.3) is 0 Å². The maximum Gasteiger partial charge on any atom is 0.312 e. The first kappa shape index (κ1) is 14.8. The first-order valence-electron chi connectivity index (χ1n) is 9.99. The number of rotatable bonds is 3. The van der Waals surface area contributed by atoms with E-state index in [1.165, 1.54) is 38.5 Å². The van der Waals surface area contributed by atoms with Gasteiger partial charge in [0.1, 0.15) is 5.60 Å². The van der Waals surface area contributed by atoms with Crippen molar-refractivity contribution in [3.63, 3.8) is 0 Å². The van der Waals surface area contributed by atoms with Gasteiger partial charge in [0.05, 0.1) is 5.41 Å². The Hall–Kier alpha value is -0.530. The van der Waals surface area contributed by atoms with Gasteiger partial charge in [-0.1, -0.05) is 13.8 Å². The molecule has 7 aliphatic carbocycles. The van der Waals surface area contributed by atoms with E-state index in [1.807, 2.05) is 13.8 Å². The van der Waals surface area contributed by atoms with Crippen LogP contribution in [0.4, 0.5) is 0 Å². The molecule has 7 aliphatic rings. The van der Waals surface area contributed by atoms with Crippen LogP contribution in [0.2, 0.25) is 0 Å². The van der Waals surface area contributed by atoms with Crippen LogP contribution in [0.3, 0.4) is 0 Å². The van der Waals surface area contributed by atoms with Gasteiger partial charge in [0.2, 0.25) is 0 Å². The van der Waals surface area contributed by atoms with Crippen LogP contribution < -0.4 is 0 Å². The van der Waals surface area contributed by atoms with Crippen molar-refractivity contribution in [2.45, 2.75) is 78.2 Å². The molecule has 0 heterocycles. The van der Waals surface area contributed by atoms with E-state index in [0.29, 0.717) is 5.41 Å². The maximum absolute atomic E-state index is 12.7. The molecule has 7 fully saturated rings. The van der Waals surface area contributed by atoms with E-state index in [9.17, 15) is 4.79 Å². The second-order valence-corrected chi connectivity index (χ2v) is 10.8. The molecule has 2 nitrogen and oxygen atoms in total. The standard InChI is InChI=1S/C21H32O2/c1-5-19(2,3)18(22)23-21-9-15-12-6-20(4)7-13(15)17(11-21)14(8-20)16(12)10-21/h12-17H,5-11H2,1-4H3. The van der Waals surface area contributed by atoms with Crippen LogP contribution in [0.15, 0.2) is 0 Å². The van der Waals surface area contributed by atoms with Crippen molar-refractivity contribution in [3.8, 4) is 0 Å². The molecule has 0 aromatic heterocycles. The van der Waals surface area contributed by atoms with Crippen molar-refractivity contribution in [1.82, 2.24) is 0 Å². The molecule has 0 aliphatic heterocycles. The van der Waals surface area contributed by atoms with Crippen molar-refractivity contribution < 1.29 is 9.53 Å². The topological polar surface area (TPSA) is 26.3 Å². The van der Waals surface area contributed by atoms with Crippen LogP contribution in [0.5, 0.6) is 0 Å². The van der Waals surface area contributed by atoms with E-state index in [1.54, 1.807) is 0 Å². The van der Waals surface area contributed by atoms with Gasteiger partial charge in [-0.3, -0.25) is 4.79 Å². The average Bonchev–Trinajstić information content (AvgIpc) is 2.50. The van der Waals surface area contributed by atoms with Crippen LogP contribution in [-0.4, -0.2) is 11.6 Å². The fraction of sp³-hybridized carbons (Fsp3) is 0.952. The third-order valence-electron chi connectivity index (χ3n) is 9.05. The lowest BCUT2D eigenvalue weighted by Gasteiger charge is -2.74. The predicted octanol–water partition coefficient (Wildman–Crippen LogP) is 4.82. The number of hydrogen-bond donors (Lipinski definition) is 0. The number of esters is 1. The molecule has 0 unspecified atom stereocenters. The molecular weight excluding hydrogens is 284 g/mol. The summed E-state index contributed by atoms with van der Waals surface area (Å²) in [6, 6.07) is 0. The third-order valence-corrected chi connectivity index (χ3v) is 9.05. The quantitative estimate of drug-likeness (QED) is 0.698. The Morgan fingerprint density at radius 2 is 1.30 bits per heavy atom. The molecule has 2 heteroatoms. The van der Waals surface area contributed by atoms with Crippen molar-refractivity contribution >= 4 is 5.97 Å². The summed E-state index contributed by atoms with van der Waals surface area (Å²) in [4.78, 5) is 12.7. The molecule has 23 heavy (non-hydrogen) atoms. The smallest absolute Gasteiger partial charge is 0.312 e. The molecule has 0 N–H and O–H groups in total. The zero-order valence-corrected chi connectivity index (χ0v) is 15.2. The number of hydrogen-bond acceptors (Lipinski definition) is 2.